The quantitative estimate of drug-likeness (QED) is 0.780. The van der Waals surface area contributed by atoms with Crippen LogP contribution in [0.1, 0.15) is 5.56 Å². The molecule has 1 aromatic carbocycles. The van der Waals surface area contributed by atoms with Crippen molar-refractivity contribution in [2.45, 2.75) is 13.0 Å². The van der Waals surface area contributed by atoms with E-state index >= 15 is 0 Å². The zero-order valence-corrected chi connectivity index (χ0v) is 10.7. The van der Waals surface area contributed by atoms with Gasteiger partial charge in [0.25, 0.3) is 6.43 Å². The third-order valence-electron chi connectivity index (χ3n) is 2.67. The normalized spacial score (nSPS) is 14.5. The summed E-state index contributed by atoms with van der Waals surface area (Å²) in [6, 6.07) is 6.97. The van der Waals surface area contributed by atoms with Crippen molar-refractivity contribution in [2.24, 2.45) is 0 Å². The molecule has 102 valence electrons. The highest BCUT2D eigenvalue weighted by Crippen LogP contribution is 2.19. The van der Waals surface area contributed by atoms with E-state index < -0.39 is 18.9 Å². The molecular formula is C13H12ClF2NO2. The van der Waals surface area contributed by atoms with Crippen molar-refractivity contribution < 1.29 is 18.3 Å². The van der Waals surface area contributed by atoms with Crippen LogP contribution in [0.3, 0.4) is 0 Å². The molecule has 0 bridgehead atoms. The first kappa shape index (κ1) is 13.8. The molecule has 6 heteroatoms. The summed E-state index contributed by atoms with van der Waals surface area (Å²) < 4.78 is 29.9. The van der Waals surface area contributed by atoms with Gasteiger partial charge in [0.1, 0.15) is 6.61 Å². The molecular weight excluding hydrogens is 276 g/mol. The molecule has 1 aliphatic heterocycles. The maximum Gasteiger partial charge on any atom is 0.333 e. The van der Waals surface area contributed by atoms with Crippen molar-refractivity contribution in [3.8, 4) is 0 Å². The van der Waals surface area contributed by atoms with Gasteiger partial charge in [0.05, 0.1) is 12.2 Å². The maximum atomic E-state index is 12.6. The minimum Gasteiger partial charge on any atom is -0.456 e. The van der Waals surface area contributed by atoms with Crippen LogP contribution in [0.25, 0.3) is 0 Å². The molecule has 0 fully saturated rings. The molecule has 0 saturated heterocycles. The Morgan fingerprint density at radius 3 is 2.79 bits per heavy atom. The lowest BCUT2D eigenvalue weighted by atomic mass is 10.2. The number of carbonyl (C=O) groups is 1. The van der Waals surface area contributed by atoms with E-state index in [1.165, 1.54) is 11.0 Å². The van der Waals surface area contributed by atoms with Gasteiger partial charge in [-0.05, 0) is 17.7 Å². The zero-order chi connectivity index (χ0) is 13.8. The van der Waals surface area contributed by atoms with Gasteiger partial charge in [-0.2, -0.15) is 0 Å². The summed E-state index contributed by atoms with van der Waals surface area (Å²) in [5.41, 5.74) is 1.26. The van der Waals surface area contributed by atoms with Crippen molar-refractivity contribution in [3.63, 3.8) is 0 Å². The van der Waals surface area contributed by atoms with Crippen molar-refractivity contribution in [3.05, 3.63) is 46.6 Å². The predicted molar refractivity (Wildman–Crippen MR) is 66.9 cm³/mol. The Labute approximate surface area is 114 Å². The summed E-state index contributed by atoms with van der Waals surface area (Å²) in [5, 5.41) is 0.544. The van der Waals surface area contributed by atoms with E-state index in [2.05, 4.69) is 0 Å². The molecule has 0 spiro atoms. The second-order valence-corrected chi connectivity index (χ2v) is 4.58. The van der Waals surface area contributed by atoms with Gasteiger partial charge in [-0.15, -0.1) is 0 Å². The predicted octanol–water partition coefficient (Wildman–Crippen LogP) is 2.85. The Balaban J connectivity index is 2.14. The van der Waals surface area contributed by atoms with Crippen LogP contribution >= 0.6 is 11.6 Å². The van der Waals surface area contributed by atoms with Gasteiger partial charge in [0.15, 0.2) is 0 Å². The van der Waals surface area contributed by atoms with Crippen LogP contribution in [0.5, 0.6) is 0 Å². The molecule has 0 aromatic heterocycles. The number of halogens is 3. The van der Waals surface area contributed by atoms with Crippen LogP contribution in [-0.4, -0.2) is 30.4 Å². The van der Waals surface area contributed by atoms with Crippen LogP contribution in [0.4, 0.5) is 8.78 Å². The first-order valence-electron chi connectivity index (χ1n) is 5.69. The van der Waals surface area contributed by atoms with E-state index in [1.54, 1.807) is 24.3 Å². The van der Waals surface area contributed by atoms with E-state index in [4.69, 9.17) is 16.3 Å². The average Bonchev–Trinajstić information content (AvgIpc) is 2.74. The number of cyclic esters (lactones) is 1. The SMILES string of the molecule is O=C1C=C(N(Cc2cccc(Cl)c2)CC(F)F)CO1. The molecule has 0 N–H and O–H groups in total. The van der Waals surface area contributed by atoms with Crippen molar-refractivity contribution in [2.75, 3.05) is 13.2 Å². The Morgan fingerprint density at radius 1 is 1.42 bits per heavy atom. The van der Waals surface area contributed by atoms with E-state index in [0.717, 1.165) is 5.56 Å². The Morgan fingerprint density at radius 2 is 2.21 bits per heavy atom. The van der Waals surface area contributed by atoms with Crippen LogP contribution < -0.4 is 0 Å². The molecule has 0 amide bonds. The smallest absolute Gasteiger partial charge is 0.333 e. The van der Waals surface area contributed by atoms with Gasteiger partial charge in [-0.3, -0.25) is 0 Å². The van der Waals surface area contributed by atoms with Gasteiger partial charge in [-0.25, -0.2) is 13.6 Å². The molecule has 1 aliphatic rings. The summed E-state index contributed by atoms with van der Waals surface area (Å²) in [6.07, 6.45) is -1.25. The molecule has 0 aliphatic carbocycles. The third kappa shape index (κ3) is 3.92. The number of rotatable bonds is 5. The second kappa shape index (κ2) is 6.02. The standard InChI is InChI=1S/C13H12ClF2NO2/c14-10-3-1-2-9(4-10)6-17(7-12(15)16)11-5-13(18)19-8-11/h1-5,12H,6-8H2. The minimum absolute atomic E-state index is 0.0338. The molecule has 19 heavy (non-hydrogen) atoms. The van der Waals surface area contributed by atoms with Crippen molar-refractivity contribution >= 4 is 17.6 Å². The van der Waals surface area contributed by atoms with Gasteiger partial charge >= 0.3 is 5.97 Å². The number of alkyl halides is 2. The lowest BCUT2D eigenvalue weighted by molar-refractivity contribution is -0.135. The minimum atomic E-state index is -2.49. The van der Waals surface area contributed by atoms with E-state index in [1.807, 2.05) is 0 Å². The monoisotopic (exact) mass is 287 g/mol. The van der Waals surface area contributed by atoms with Crippen molar-refractivity contribution in [1.82, 2.24) is 4.90 Å². The first-order chi connectivity index (χ1) is 9.04. The number of esters is 1. The number of carbonyl (C=O) groups excluding carboxylic acids is 1. The highest BCUT2D eigenvalue weighted by Gasteiger charge is 2.22. The van der Waals surface area contributed by atoms with Crippen LogP contribution in [-0.2, 0) is 16.1 Å². The number of nitrogens with zero attached hydrogens (tertiary/aromatic N) is 1. The summed E-state index contributed by atoms with van der Waals surface area (Å²) >= 11 is 5.86. The van der Waals surface area contributed by atoms with Gasteiger partial charge in [-0.1, -0.05) is 23.7 Å². The van der Waals surface area contributed by atoms with Crippen LogP contribution in [0, 0.1) is 0 Å². The van der Waals surface area contributed by atoms with Crippen molar-refractivity contribution in [1.29, 1.82) is 0 Å². The summed E-state index contributed by atoms with van der Waals surface area (Å²) in [7, 11) is 0. The lowest BCUT2D eigenvalue weighted by Gasteiger charge is -2.24. The van der Waals surface area contributed by atoms with E-state index in [0.29, 0.717) is 10.7 Å². The Hall–Kier alpha value is -1.62. The Bertz CT molecular complexity index is 505. The number of hydrogen-bond donors (Lipinski definition) is 0. The molecule has 0 saturated carbocycles. The van der Waals surface area contributed by atoms with E-state index in [9.17, 15) is 13.6 Å². The zero-order valence-electron chi connectivity index (χ0n) is 9.98. The fourth-order valence-corrected chi connectivity index (χ4v) is 2.07. The molecule has 0 unspecified atom stereocenters. The maximum absolute atomic E-state index is 12.6. The fraction of sp³-hybridized carbons (Fsp3) is 0.308. The number of ether oxygens (including phenoxy) is 1. The highest BCUT2D eigenvalue weighted by molar-refractivity contribution is 6.30. The molecule has 3 nitrogen and oxygen atoms in total. The van der Waals surface area contributed by atoms with E-state index in [-0.39, 0.29) is 13.2 Å². The lowest BCUT2D eigenvalue weighted by Crippen LogP contribution is -2.28. The summed E-state index contributed by atoms with van der Waals surface area (Å²) in [6.45, 7) is -0.158. The third-order valence-corrected chi connectivity index (χ3v) is 2.91. The first-order valence-corrected chi connectivity index (χ1v) is 6.07. The second-order valence-electron chi connectivity index (χ2n) is 4.14. The topological polar surface area (TPSA) is 29.5 Å². The van der Waals surface area contributed by atoms with Gasteiger partial charge in [0, 0.05) is 17.6 Å². The number of hydrogen-bond acceptors (Lipinski definition) is 3. The summed E-state index contributed by atoms with van der Waals surface area (Å²) in [5.74, 6) is -0.500. The van der Waals surface area contributed by atoms with Crippen LogP contribution in [0.15, 0.2) is 36.0 Å². The number of benzene rings is 1. The molecule has 0 radical (unpaired) electrons. The molecule has 1 aromatic rings. The molecule has 1 heterocycles. The van der Waals surface area contributed by atoms with Gasteiger partial charge in [0.2, 0.25) is 0 Å². The average molecular weight is 288 g/mol. The fourth-order valence-electron chi connectivity index (χ4n) is 1.85. The molecule has 2 rings (SSSR count). The van der Waals surface area contributed by atoms with Gasteiger partial charge < -0.3 is 9.64 Å². The summed E-state index contributed by atoms with van der Waals surface area (Å²) in [4.78, 5) is 12.4. The Kier molecular flexibility index (Phi) is 4.37. The highest BCUT2D eigenvalue weighted by atomic mass is 35.5. The largest absolute Gasteiger partial charge is 0.456 e. The van der Waals surface area contributed by atoms with Crippen LogP contribution in [0.2, 0.25) is 5.02 Å². The molecule has 0 atom stereocenters.